The maximum Gasteiger partial charge on any atom is 0.419 e. The Morgan fingerprint density at radius 1 is 1.19 bits per heavy atom. The summed E-state index contributed by atoms with van der Waals surface area (Å²) in [5, 5.41) is 9.99. The van der Waals surface area contributed by atoms with Gasteiger partial charge in [0.15, 0.2) is 0 Å². The molecule has 3 N–H and O–H groups in total. The molecule has 0 aromatic heterocycles. The van der Waals surface area contributed by atoms with Crippen LogP contribution in [0.3, 0.4) is 0 Å². The minimum absolute atomic E-state index is 0. The Kier molecular flexibility index (Phi) is 7.93. The molecule has 2 rings (SSSR count). The van der Waals surface area contributed by atoms with E-state index in [0.717, 1.165) is 6.07 Å². The molecule has 0 heterocycles. The Balaban J connectivity index is 0.00000364. The average molecular weight is 405 g/mol. The van der Waals surface area contributed by atoms with Gasteiger partial charge in [-0.3, -0.25) is 4.79 Å². The van der Waals surface area contributed by atoms with Crippen molar-refractivity contribution < 1.29 is 27.8 Å². The number of rotatable bonds is 6. The molecule has 9 heteroatoms. The molecule has 148 valence electrons. The van der Waals surface area contributed by atoms with Crippen LogP contribution in [-0.2, 0) is 6.18 Å². The summed E-state index contributed by atoms with van der Waals surface area (Å²) in [5.41, 5.74) is 5.54. The summed E-state index contributed by atoms with van der Waals surface area (Å²) in [6, 6.07) is 11.0. The molecule has 2 aromatic carbocycles. The molecule has 0 bridgehead atoms. The van der Waals surface area contributed by atoms with Gasteiger partial charge in [0.1, 0.15) is 18.5 Å². The third-order valence-corrected chi connectivity index (χ3v) is 3.61. The van der Waals surface area contributed by atoms with Crippen LogP contribution in [0.25, 0.3) is 0 Å². The van der Waals surface area contributed by atoms with Gasteiger partial charge in [-0.1, -0.05) is 12.1 Å². The second-order valence-electron chi connectivity index (χ2n) is 5.77. The Hall–Kier alpha value is -2.45. The Bertz CT molecular complexity index is 754. The highest BCUT2D eigenvalue weighted by Gasteiger charge is 2.34. The Morgan fingerprint density at radius 2 is 1.78 bits per heavy atom. The van der Waals surface area contributed by atoms with Crippen molar-refractivity contribution in [2.45, 2.75) is 12.3 Å². The average Bonchev–Trinajstić information content (AvgIpc) is 2.59. The number of benzene rings is 2. The number of alkyl halides is 3. The molecule has 0 saturated carbocycles. The van der Waals surface area contributed by atoms with Crippen molar-refractivity contribution in [3.63, 3.8) is 0 Å². The zero-order valence-corrected chi connectivity index (χ0v) is 15.3. The third kappa shape index (κ3) is 6.33. The van der Waals surface area contributed by atoms with E-state index in [4.69, 9.17) is 10.5 Å². The molecule has 0 fully saturated rings. The highest BCUT2D eigenvalue weighted by molar-refractivity contribution is 5.94. The second kappa shape index (κ2) is 9.48. The van der Waals surface area contributed by atoms with Gasteiger partial charge >= 0.3 is 6.18 Å². The van der Waals surface area contributed by atoms with E-state index in [9.17, 15) is 23.1 Å². The monoisotopic (exact) mass is 404 g/mol. The SMILES string of the molecule is CN(CC(O)COc1ccccc1C(F)(F)F)C(=O)c1ccc(N)cc1.Cl. The van der Waals surface area contributed by atoms with Crippen LogP contribution in [0.4, 0.5) is 18.9 Å². The van der Waals surface area contributed by atoms with Crippen LogP contribution in [0.1, 0.15) is 15.9 Å². The van der Waals surface area contributed by atoms with E-state index >= 15 is 0 Å². The molecule has 0 aliphatic carbocycles. The number of nitrogens with two attached hydrogens (primary N) is 1. The molecule has 0 radical (unpaired) electrons. The van der Waals surface area contributed by atoms with Crippen LogP contribution in [0.15, 0.2) is 48.5 Å². The number of nitrogens with zero attached hydrogens (tertiary/aromatic N) is 1. The number of ether oxygens (including phenoxy) is 1. The number of aliphatic hydroxyl groups is 1. The maximum absolute atomic E-state index is 12.9. The van der Waals surface area contributed by atoms with Crippen molar-refractivity contribution in [1.82, 2.24) is 4.90 Å². The topological polar surface area (TPSA) is 75.8 Å². The van der Waals surface area contributed by atoms with E-state index in [1.165, 1.54) is 30.1 Å². The molecule has 0 spiro atoms. The number of halogens is 4. The largest absolute Gasteiger partial charge is 0.490 e. The summed E-state index contributed by atoms with van der Waals surface area (Å²) in [4.78, 5) is 13.5. The summed E-state index contributed by atoms with van der Waals surface area (Å²) in [6.07, 6.45) is -5.71. The molecule has 1 unspecified atom stereocenters. The first-order valence-corrected chi connectivity index (χ1v) is 7.76. The molecule has 5 nitrogen and oxygen atoms in total. The minimum Gasteiger partial charge on any atom is -0.490 e. The predicted molar refractivity (Wildman–Crippen MR) is 98.0 cm³/mol. The quantitative estimate of drug-likeness (QED) is 0.725. The van der Waals surface area contributed by atoms with Crippen molar-refractivity contribution in [3.05, 3.63) is 59.7 Å². The van der Waals surface area contributed by atoms with Gasteiger partial charge in [0, 0.05) is 24.8 Å². The minimum atomic E-state index is -4.55. The van der Waals surface area contributed by atoms with E-state index in [-0.39, 0.29) is 37.2 Å². The van der Waals surface area contributed by atoms with E-state index in [0.29, 0.717) is 11.3 Å². The fraction of sp³-hybridized carbons (Fsp3) is 0.278. The molecular formula is C18H20ClF3N2O3. The zero-order valence-electron chi connectivity index (χ0n) is 14.4. The summed E-state index contributed by atoms with van der Waals surface area (Å²) in [7, 11) is 1.48. The highest BCUT2D eigenvalue weighted by Crippen LogP contribution is 2.35. The van der Waals surface area contributed by atoms with Crippen LogP contribution >= 0.6 is 12.4 Å². The van der Waals surface area contributed by atoms with E-state index in [1.807, 2.05) is 0 Å². The third-order valence-electron chi connectivity index (χ3n) is 3.61. The summed E-state index contributed by atoms with van der Waals surface area (Å²) >= 11 is 0. The highest BCUT2D eigenvalue weighted by atomic mass is 35.5. The van der Waals surface area contributed by atoms with Gasteiger partial charge in [0.2, 0.25) is 0 Å². The van der Waals surface area contributed by atoms with E-state index in [2.05, 4.69) is 0 Å². The lowest BCUT2D eigenvalue weighted by Gasteiger charge is -2.22. The van der Waals surface area contributed by atoms with Crippen molar-refractivity contribution in [1.29, 1.82) is 0 Å². The van der Waals surface area contributed by atoms with Crippen molar-refractivity contribution >= 4 is 24.0 Å². The fourth-order valence-corrected chi connectivity index (χ4v) is 2.31. The van der Waals surface area contributed by atoms with Gasteiger partial charge in [-0.2, -0.15) is 13.2 Å². The first-order chi connectivity index (χ1) is 12.2. The number of carbonyl (C=O) groups excluding carboxylic acids is 1. The molecule has 2 aromatic rings. The summed E-state index contributed by atoms with van der Waals surface area (Å²) < 4.78 is 43.8. The Labute approximate surface area is 160 Å². The number of carbonyl (C=O) groups is 1. The molecule has 1 atom stereocenters. The normalized spacial score (nSPS) is 12.0. The van der Waals surface area contributed by atoms with E-state index in [1.54, 1.807) is 24.3 Å². The molecule has 0 aliphatic rings. The first-order valence-electron chi connectivity index (χ1n) is 7.76. The lowest BCUT2D eigenvalue weighted by molar-refractivity contribution is -0.139. The van der Waals surface area contributed by atoms with Gasteiger partial charge in [0.05, 0.1) is 5.56 Å². The number of likely N-dealkylation sites (N-methyl/N-ethyl adjacent to an activating group) is 1. The molecule has 1 amide bonds. The van der Waals surface area contributed by atoms with E-state index < -0.39 is 17.8 Å². The predicted octanol–water partition coefficient (Wildman–Crippen LogP) is 3.22. The van der Waals surface area contributed by atoms with Crippen molar-refractivity contribution in [2.75, 3.05) is 25.9 Å². The molecule has 0 saturated heterocycles. The zero-order chi connectivity index (χ0) is 19.3. The van der Waals surface area contributed by atoms with Crippen LogP contribution < -0.4 is 10.5 Å². The van der Waals surface area contributed by atoms with Gasteiger partial charge in [-0.15, -0.1) is 12.4 Å². The van der Waals surface area contributed by atoms with Crippen molar-refractivity contribution in [2.24, 2.45) is 0 Å². The van der Waals surface area contributed by atoms with Crippen LogP contribution in [0, 0.1) is 0 Å². The number of hydrogen-bond donors (Lipinski definition) is 2. The number of aliphatic hydroxyl groups excluding tert-OH is 1. The maximum atomic E-state index is 12.9. The van der Waals surface area contributed by atoms with Gasteiger partial charge in [-0.05, 0) is 36.4 Å². The Morgan fingerprint density at radius 3 is 2.37 bits per heavy atom. The van der Waals surface area contributed by atoms with Gasteiger partial charge in [0.25, 0.3) is 5.91 Å². The van der Waals surface area contributed by atoms with Gasteiger partial charge in [-0.25, -0.2) is 0 Å². The number of hydrogen-bond acceptors (Lipinski definition) is 4. The summed E-state index contributed by atoms with van der Waals surface area (Å²) in [5.74, 6) is -0.716. The number of amides is 1. The standard InChI is InChI=1S/C18H19F3N2O3.ClH/c1-23(17(25)12-6-8-13(22)9-7-12)10-14(24)11-26-16-5-3-2-4-15(16)18(19,20)21;/h2-9,14,24H,10-11,22H2,1H3;1H. The van der Waals surface area contributed by atoms with Crippen LogP contribution in [0.5, 0.6) is 5.75 Å². The first kappa shape index (κ1) is 22.6. The van der Waals surface area contributed by atoms with Crippen LogP contribution in [-0.4, -0.2) is 42.2 Å². The molecule has 0 aliphatic heterocycles. The summed E-state index contributed by atoms with van der Waals surface area (Å²) in [6.45, 7) is -0.482. The van der Waals surface area contributed by atoms with Crippen molar-refractivity contribution in [3.8, 4) is 5.75 Å². The van der Waals surface area contributed by atoms with Gasteiger partial charge < -0.3 is 20.5 Å². The number of nitrogen functional groups attached to an aromatic ring is 1. The van der Waals surface area contributed by atoms with Crippen LogP contribution in [0.2, 0.25) is 0 Å². The molecular weight excluding hydrogens is 385 g/mol. The second-order valence-corrected chi connectivity index (χ2v) is 5.77. The lowest BCUT2D eigenvalue weighted by atomic mass is 10.2. The smallest absolute Gasteiger partial charge is 0.419 e. The number of para-hydroxylation sites is 1. The molecule has 27 heavy (non-hydrogen) atoms. The fourth-order valence-electron chi connectivity index (χ4n) is 2.31. The number of anilines is 1. The lowest BCUT2D eigenvalue weighted by Crippen LogP contribution is -2.37.